The lowest BCUT2D eigenvalue weighted by Crippen LogP contribution is -2.43. The molecule has 2 N–H and O–H groups in total. The van der Waals surface area contributed by atoms with E-state index in [0.29, 0.717) is 10.8 Å². The lowest BCUT2D eigenvalue weighted by molar-refractivity contribution is 0.102. The number of hydrogen-bond acceptors (Lipinski definition) is 7. The monoisotopic (exact) mass is 505 g/mol. The second-order valence-electron chi connectivity index (χ2n) is 7.97. The number of anilines is 2. The van der Waals surface area contributed by atoms with Gasteiger partial charge in [-0.15, -0.1) is 24.2 Å². The highest BCUT2D eigenvalue weighted by Gasteiger charge is 2.20. The van der Waals surface area contributed by atoms with Crippen molar-refractivity contribution in [2.24, 2.45) is 7.05 Å². The average Bonchev–Trinajstić information content (AvgIpc) is 3.50. The molecule has 0 aliphatic carbocycles. The molecule has 0 unspecified atom stereocenters. The fourth-order valence-electron chi connectivity index (χ4n) is 3.80. The maximum Gasteiger partial charge on any atom is 0.335 e. The fourth-order valence-corrected chi connectivity index (χ4v) is 4.61. The third-order valence-corrected chi connectivity index (χ3v) is 6.21. The van der Waals surface area contributed by atoms with Gasteiger partial charge in [-0.25, -0.2) is 14.3 Å². The summed E-state index contributed by atoms with van der Waals surface area (Å²) in [5, 5.41) is 8.38. The quantitative estimate of drug-likeness (QED) is 0.412. The van der Waals surface area contributed by atoms with Gasteiger partial charge in [0, 0.05) is 44.8 Å². The minimum Gasteiger partial charge on any atom is -0.367 e. The Morgan fingerprint density at radius 3 is 2.50 bits per heavy atom. The third kappa shape index (κ3) is 5.64. The van der Waals surface area contributed by atoms with Crippen molar-refractivity contribution in [3.63, 3.8) is 0 Å². The van der Waals surface area contributed by atoms with Crippen LogP contribution >= 0.6 is 11.3 Å². The molecule has 0 atom stereocenters. The first kappa shape index (κ1) is 26.7. The highest BCUT2D eigenvalue weighted by atomic mass is 32.1. The Balaban J connectivity index is 0.000000674. The zero-order valence-electron chi connectivity index (χ0n) is 20.8. The number of amides is 1. The van der Waals surface area contributed by atoms with E-state index in [1.54, 1.807) is 29.4 Å². The molecule has 3 aromatic heterocycles. The van der Waals surface area contributed by atoms with Crippen LogP contribution in [0.1, 0.15) is 30.8 Å². The number of carbonyl (C=O) groups is 1. The molecule has 1 saturated heterocycles. The molecule has 0 spiro atoms. The summed E-state index contributed by atoms with van der Waals surface area (Å²) in [6.45, 7) is 7.76. The first-order chi connectivity index (χ1) is 17.5. The lowest BCUT2D eigenvalue weighted by Gasteiger charge is -2.30. The molecule has 188 valence electrons. The number of thiazole rings is 1. The predicted molar refractivity (Wildman–Crippen MR) is 147 cm³/mol. The molecule has 4 heterocycles. The summed E-state index contributed by atoms with van der Waals surface area (Å²) in [6, 6.07) is 9.42. The largest absolute Gasteiger partial charge is 0.367 e. The van der Waals surface area contributed by atoms with Crippen molar-refractivity contribution in [3.8, 4) is 18.0 Å². The summed E-state index contributed by atoms with van der Waals surface area (Å²) in [7, 11) is 1.72. The number of pyridine rings is 1. The van der Waals surface area contributed by atoms with Crippen LogP contribution in [-0.4, -0.2) is 51.2 Å². The summed E-state index contributed by atoms with van der Waals surface area (Å²) >= 11 is 1.26. The number of hydrogen-bond donors (Lipinski definition) is 2. The van der Waals surface area contributed by atoms with Gasteiger partial charge in [0.15, 0.2) is 5.13 Å². The van der Waals surface area contributed by atoms with Crippen LogP contribution in [0.5, 0.6) is 0 Å². The van der Waals surface area contributed by atoms with Gasteiger partial charge in [-0.2, -0.15) is 0 Å². The normalized spacial score (nSPS) is 12.8. The van der Waals surface area contributed by atoms with Crippen LogP contribution in [0.4, 0.5) is 11.4 Å². The summed E-state index contributed by atoms with van der Waals surface area (Å²) in [5.74, 6) is -0.333. The van der Waals surface area contributed by atoms with E-state index in [1.807, 2.05) is 30.3 Å². The molecule has 9 nitrogen and oxygen atoms in total. The molecule has 1 aliphatic heterocycles. The van der Waals surface area contributed by atoms with E-state index in [1.165, 1.54) is 22.3 Å². The van der Waals surface area contributed by atoms with Gasteiger partial charge < -0.3 is 15.5 Å². The zero-order chi connectivity index (χ0) is 26.1. The van der Waals surface area contributed by atoms with Crippen LogP contribution in [-0.2, 0) is 7.05 Å². The second-order valence-corrected chi connectivity index (χ2v) is 8.81. The molecule has 0 bridgehead atoms. The van der Waals surface area contributed by atoms with Gasteiger partial charge in [0.2, 0.25) is 0 Å². The van der Waals surface area contributed by atoms with E-state index in [9.17, 15) is 9.59 Å². The number of imidazole rings is 1. The Labute approximate surface area is 214 Å². The summed E-state index contributed by atoms with van der Waals surface area (Å²) in [4.78, 5) is 36.5. The van der Waals surface area contributed by atoms with Crippen molar-refractivity contribution in [1.82, 2.24) is 24.4 Å². The number of terminal acetylenes is 1. The van der Waals surface area contributed by atoms with Crippen LogP contribution in [0.15, 0.2) is 52.9 Å². The number of nitrogens with one attached hydrogen (secondary N) is 2. The molecule has 0 radical (unpaired) electrons. The van der Waals surface area contributed by atoms with E-state index in [2.05, 4.69) is 52.2 Å². The molecular weight excluding hydrogens is 474 g/mol. The summed E-state index contributed by atoms with van der Waals surface area (Å²) in [6.07, 6.45) is 12.6. The van der Waals surface area contributed by atoms with Crippen LogP contribution in [0, 0.1) is 12.8 Å². The van der Waals surface area contributed by atoms with E-state index in [4.69, 9.17) is 0 Å². The van der Waals surface area contributed by atoms with Gasteiger partial charge in [0.25, 0.3) is 5.91 Å². The minimum absolute atomic E-state index is 0.198. The highest BCUT2D eigenvalue weighted by molar-refractivity contribution is 7.12. The number of carbonyl (C=O) groups excluding carboxylic acids is 1. The summed E-state index contributed by atoms with van der Waals surface area (Å²) in [5.41, 5.74) is 3.21. The maximum absolute atomic E-state index is 12.9. The Hall–Kier alpha value is -3.94. The van der Waals surface area contributed by atoms with Gasteiger partial charge in [-0.3, -0.25) is 14.3 Å². The fraction of sp³-hybridized carbons (Fsp3) is 0.308. The molecule has 4 aromatic rings. The van der Waals surface area contributed by atoms with Gasteiger partial charge in [0.1, 0.15) is 5.69 Å². The number of piperazine rings is 1. The van der Waals surface area contributed by atoms with Gasteiger partial charge >= 0.3 is 5.69 Å². The SMILES string of the molecule is C#C.CCC.Cn1c(=O)n(-c2nc(C(=O)Nc3cnccc3N3CCNCC3)cs2)c2ccccc21. The topological polar surface area (TPSA) is 97.1 Å². The van der Waals surface area contributed by atoms with Crippen LogP contribution in [0.25, 0.3) is 16.2 Å². The Morgan fingerprint density at radius 1 is 1.14 bits per heavy atom. The van der Waals surface area contributed by atoms with Gasteiger partial charge in [0.05, 0.1) is 28.6 Å². The predicted octanol–water partition coefficient (Wildman–Crippen LogP) is 3.51. The van der Waals surface area contributed by atoms with Crippen molar-refractivity contribution in [2.75, 3.05) is 36.4 Å². The van der Waals surface area contributed by atoms with Crippen molar-refractivity contribution < 1.29 is 4.79 Å². The standard InChI is InChI=1S/C21H21N7O2S.C3H8.C2H2/c1-26-17-4-2-3-5-18(17)28(21(26)30)20-25-15(13-31-20)19(29)24-14-12-23-7-6-16(14)27-10-8-22-9-11-27;1-3-2;1-2/h2-7,12-13,22H,8-11H2,1H3,(H,24,29);3H2,1-2H3;1-2H. The number of nitrogens with zero attached hydrogens (tertiary/aromatic N) is 5. The van der Waals surface area contributed by atoms with Crippen molar-refractivity contribution in [2.45, 2.75) is 20.3 Å². The maximum atomic E-state index is 12.9. The molecule has 1 fully saturated rings. The molecule has 36 heavy (non-hydrogen) atoms. The Morgan fingerprint density at radius 2 is 1.81 bits per heavy atom. The first-order valence-electron chi connectivity index (χ1n) is 11.7. The molecule has 1 amide bonds. The van der Waals surface area contributed by atoms with E-state index in [0.717, 1.165) is 42.9 Å². The van der Waals surface area contributed by atoms with Crippen molar-refractivity contribution >= 4 is 39.7 Å². The zero-order valence-corrected chi connectivity index (χ0v) is 21.6. The van der Waals surface area contributed by atoms with Crippen molar-refractivity contribution in [3.05, 3.63) is 64.3 Å². The van der Waals surface area contributed by atoms with Crippen LogP contribution in [0.2, 0.25) is 0 Å². The number of rotatable bonds is 4. The van der Waals surface area contributed by atoms with Gasteiger partial charge in [-0.1, -0.05) is 32.4 Å². The van der Waals surface area contributed by atoms with Gasteiger partial charge in [-0.05, 0) is 18.2 Å². The Kier molecular flexibility index (Phi) is 9.39. The molecule has 10 heteroatoms. The molecule has 1 aliphatic rings. The minimum atomic E-state index is -0.333. The first-order valence-corrected chi connectivity index (χ1v) is 12.6. The number of benzene rings is 1. The molecule has 5 rings (SSSR count). The van der Waals surface area contributed by atoms with E-state index >= 15 is 0 Å². The lowest BCUT2D eigenvalue weighted by atomic mass is 10.2. The molecular formula is C26H31N7O2S. The number of fused-ring (bicyclic) bond motifs is 1. The smallest absolute Gasteiger partial charge is 0.335 e. The average molecular weight is 506 g/mol. The molecule has 1 aromatic carbocycles. The highest BCUT2D eigenvalue weighted by Crippen LogP contribution is 2.26. The number of para-hydroxylation sites is 2. The summed E-state index contributed by atoms with van der Waals surface area (Å²) < 4.78 is 3.11. The number of aromatic nitrogens is 4. The third-order valence-electron chi connectivity index (χ3n) is 5.38. The second kappa shape index (κ2) is 12.7. The number of aryl methyl sites for hydroxylation is 1. The molecule has 0 saturated carbocycles. The van der Waals surface area contributed by atoms with E-state index in [-0.39, 0.29) is 17.3 Å². The van der Waals surface area contributed by atoms with E-state index < -0.39 is 0 Å². The van der Waals surface area contributed by atoms with Crippen LogP contribution < -0.4 is 21.2 Å². The van der Waals surface area contributed by atoms with Crippen molar-refractivity contribution in [1.29, 1.82) is 0 Å². The Bertz CT molecular complexity index is 1380. The van der Waals surface area contributed by atoms with Crippen LogP contribution in [0.3, 0.4) is 0 Å².